The minimum absolute atomic E-state index is 0.538. The molecule has 0 aliphatic heterocycles. The first-order valence-corrected chi connectivity index (χ1v) is 5.51. The Morgan fingerprint density at radius 3 is 2.25 bits per heavy atom. The van der Waals surface area contributed by atoms with Crippen molar-refractivity contribution in [3.05, 3.63) is 64.7 Å². The average Bonchev–Trinajstić information content (AvgIpc) is 2.26. The molecule has 0 aromatic heterocycles. The molecule has 1 aliphatic rings. The summed E-state index contributed by atoms with van der Waals surface area (Å²) in [6.45, 7) is 3.90. The van der Waals surface area contributed by atoms with Gasteiger partial charge in [-0.25, -0.2) is 4.99 Å². The number of allylic oxidation sites excluding steroid dienone is 5. The predicted octanol–water partition coefficient (Wildman–Crippen LogP) is 4.75. The van der Waals surface area contributed by atoms with Crippen molar-refractivity contribution in [2.75, 3.05) is 0 Å². The summed E-state index contributed by atoms with van der Waals surface area (Å²) in [4.78, 5) is 4.41. The molecule has 16 heavy (non-hydrogen) atoms. The molecule has 0 fully saturated rings. The molecule has 80 valence electrons. The smallest absolute Gasteiger partial charge is 0.101 e. The van der Waals surface area contributed by atoms with Gasteiger partial charge in [0.2, 0.25) is 0 Å². The highest BCUT2D eigenvalue weighted by atomic mass is 35.5. The van der Waals surface area contributed by atoms with Gasteiger partial charge in [0.25, 0.3) is 0 Å². The maximum absolute atomic E-state index is 6.03. The van der Waals surface area contributed by atoms with Gasteiger partial charge in [0.05, 0.1) is 15.8 Å². The van der Waals surface area contributed by atoms with Gasteiger partial charge in [-0.1, -0.05) is 54.1 Å². The molecular weight excluding hydrogens is 241 g/mol. The highest BCUT2D eigenvalue weighted by molar-refractivity contribution is 6.39. The first-order valence-electron chi connectivity index (χ1n) is 4.75. The molecule has 0 spiro atoms. The lowest BCUT2D eigenvalue weighted by atomic mass is 10.1. The number of hydrogen-bond donors (Lipinski definition) is 0. The zero-order valence-corrected chi connectivity index (χ0v) is 9.96. The lowest BCUT2D eigenvalue weighted by Crippen LogP contribution is -1.97. The summed E-state index contributed by atoms with van der Waals surface area (Å²) < 4.78 is 0. The maximum atomic E-state index is 6.03. The summed E-state index contributed by atoms with van der Waals surface area (Å²) in [6, 6.07) is 5.32. The van der Waals surface area contributed by atoms with E-state index in [0.717, 1.165) is 11.3 Å². The molecule has 1 nitrogen and oxygen atoms in total. The Labute approximate surface area is 104 Å². The third kappa shape index (κ3) is 2.26. The molecule has 0 radical (unpaired) electrons. The van der Waals surface area contributed by atoms with Gasteiger partial charge in [-0.3, -0.25) is 0 Å². The Morgan fingerprint density at radius 2 is 1.62 bits per heavy atom. The molecule has 0 saturated carbocycles. The number of benzene rings is 1. The van der Waals surface area contributed by atoms with Crippen molar-refractivity contribution >= 4 is 34.6 Å². The van der Waals surface area contributed by atoms with E-state index in [-0.39, 0.29) is 0 Å². The molecule has 3 heteroatoms. The third-order valence-electron chi connectivity index (χ3n) is 2.16. The van der Waals surface area contributed by atoms with E-state index in [1.54, 1.807) is 18.2 Å². The minimum atomic E-state index is 0.538. The fraction of sp³-hybridized carbons (Fsp3) is 0. The number of para-hydroxylation sites is 1. The van der Waals surface area contributed by atoms with E-state index < -0.39 is 0 Å². The van der Waals surface area contributed by atoms with Crippen LogP contribution in [-0.4, -0.2) is 5.71 Å². The molecule has 0 saturated heterocycles. The molecule has 2 rings (SSSR count). The lowest BCUT2D eigenvalue weighted by molar-refractivity contribution is 1.50. The van der Waals surface area contributed by atoms with E-state index in [9.17, 15) is 0 Å². The second kappa shape index (κ2) is 4.69. The molecule has 1 aromatic carbocycles. The van der Waals surface area contributed by atoms with E-state index in [1.165, 1.54) is 0 Å². The van der Waals surface area contributed by atoms with Gasteiger partial charge < -0.3 is 0 Å². The molecule has 0 atom stereocenters. The summed E-state index contributed by atoms with van der Waals surface area (Å²) >= 11 is 12.1. The molecule has 0 bridgehead atoms. The largest absolute Gasteiger partial charge is 0.245 e. The van der Waals surface area contributed by atoms with Crippen molar-refractivity contribution in [1.29, 1.82) is 0 Å². The molecular formula is C13H9Cl2N. The zero-order valence-electron chi connectivity index (χ0n) is 8.45. The molecule has 0 N–H and O–H groups in total. The number of hydrogen-bond acceptors (Lipinski definition) is 1. The van der Waals surface area contributed by atoms with Crippen LogP contribution in [0.4, 0.5) is 5.69 Å². The van der Waals surface area contributed by atoms with Crippen LogP contribution < -0.4 is 0 Å². The third-order valence-corrected chi connectivity index (χ3v) is 2.77. The van der Waals surface area contributed by atoms with E-state index in [1.807, 2.05) is 24.3 Å². The van der Waals surface area contributed by atoms with Gasteiger partial charge in [0.15, 0.2) is 0 Å². The highest BCUT2D eigenvalue weighted by Crippen LogP contribution is 2.33. The van der Waals surface area contributed by atoms with Crippen LogP contribution in [0.1, 0.15) is 0 Å². The summed E-state index contributed by atoms with van der Waals surface area (Å²) in [6.07, 6.45) is 7.58. The van der Waals surface area contributed by atoms with Crippen molar-refractivity contribution in [3.63, 3.8) is 0 Å². The highest BCUT2D eigenvalue weighted by Gasteiger charge is 2.07. The monoisotopic (exact) mass is 249 g/mol. The summed E-state index contributed by atoms with van der Waals surface area (Å²) in [5.74, 6) is 0. The van der Waals surface area contributed by atoms with Gasteiger partial charge in [-0.2, -0.15) is 0 Å². The van der Waals surface area contributed by atoms with Gasteiger partial charge in [0.1, 0.15) is 5.69 Å². The van der Waals surface area contributed by atoms with Crippen LogP contribution in [0.25, 0.3) is 0 Å². The van der Waals surface area contributed by atoms with Crippen molar-refractivity contribution < 1.29 is 0 Å². The fourth-order valence-corrected chi connectivity index (χ4v) is 1.82. The Hall–Kier alpha value is -1.31. The van der Waals surface area contributed by atoms with E-state index in [0.29, 0.717) is 15.7 Å². The van der Waals surface area contributed by atoms with Crippen molar-refractivity contribution in [3.8, 4) is 0 Å². The number of aliphatic imine (C=N–C) groups is 1. The zero-order chi connectivity index (χ0) is 11.5. The van der Waals surface area contributed by atoms with Crippen molar-refractivity contribution in [2.24, 2.45) is 4.99 Å². The van der Waals surface area contributed by atoms with Crippen LogP contribution in [0.15, 0.2) is 59.6 Å². The Kier molecular flexibility index (Phi) is 3.28. The van der Waals surface area contributed by atoms with E-state index in [2.05, 4.69) is 11.6 Å². The SMILES string of the molecule is C=C1C=CC=CC1=Nc1c(Cl)cccc1Cl. The van der Waals surface area contributed by atoms with Gasteiger partial charge in [-0.05, 0) is 23.8 Å². The lowest BCUT2D eigenvalue weighted by Gasteiger charge is -2.06. The molecule has 0 unspecified atom stereocenters. The molecule has 1 aromatic rings. The standard InChI is InChI=1S/C13H9Cl2N/c1-9-5-2-3-8-12(9)16-13-10(14)6-4-7-11(13)15/h2-8H,1H2. The van der Waals surface area contributed by atoms with Crippen LogP contribution in [0.2, 0.25) is 10.0 Å². The first-order chi connectivity index (χ1) is 7.68. The second-order valence-electron chi connectivity index (χ2n) is 3.31. The minimum Gasteiger partial charge on any atom is -0.245 e. The summed E-state index contributed by atoms with van der Waals surface area (Å²) in [7, 11) is 0. The quantitative estimate of drug-likeness (QED) is 0.682. The Bertz CT molecular complexity index is 504. The van der Waals surface area contributed by atoms with Crippen LogP contribution >= 0.6 is 23.2 Å². The number of rotatable bonds is 1. The predicted molar refractivity (Wildman–Crippen MR) is 71.0 cm³/mol. The van der Waals surface area contributed by atoms with Crippen LogP contribution in [0, 0.1) is 0 Å². The van der Waals surface area contributed by atoms with Crippen molar-refractivity contribution in [2.45, 2.75) is 0 Å². The maximum Gasteiger partial charge on any atom is 0.101 e. The average molecular weight is 250 g/mol. The molecule has 1 aliphatic carbocycles. The van der Waals surface area contributed by atoms with E-state index in [4.69, 9.17) is 23.2 Å². The second-order valence-corrected chi connectivity index (χ2v) is 4.13. The topological polar surface area (TPSA) is 12.4 Å². The van der Waals surface area contributed by atoms with Gasteiger partial charge >= 0.3 is 0 Å². The first kappa shape index (κ1) is 11.2. The Morgan fingerprint density at radius 1 is 1.00 bits per heavy atom. The molecule has 0 heterocycles. The van der Waals surface area contributed by atoms with Crippen LogP contribution in [0.5, 0.6) is 0 Å². The number of nitrogens with zero attached hydrogens (tertiary/aromatic N) is 1. The molecule has 0 amide bonds. The van der Waals surface area contributed by atoms with Gasteiger partial charge in [0, 0.05) is 0 Å². The number of halogens is 2. The van der Waals surface area contributed by atoms with Crippen LogP contribution in [-0.2, 0) is 0 Å². The van der Waals surface area contributed by atoms with Crippen LogP contribution in [0.3, 0.4) is 0 Å². The van der Waals surface area contributed by atoms with E-state index >= 15 is 0 Å². The summed E-state index contributed by atoms with van der Waals surface area (Å²) in [5.41, 5.74) is 2.21. The van der Waals surface area contributed by atoms with Gasteiger partial charge in [-0.15, -0.1) is 0 Å². The van der Waals surface area contributed by atoms with Crippen molar-refractivity contribution in [1.82, 2.24) is 0 Å². The Balaban J connectivity index is 2.47. The summed E-state index contributed by atoms with van der Waals surface area (Å²) in [5, 5.41) is 1.08. The fourth-order valence-electron chi connectivity index (χ4n) is 1.34. The normalized spacial score (nSPS) is 17.1.